The molecule has 1 fully saturated rings. The summed E-state index contributed by atoms with van der Waals surface area (Å²) in [4.78, 5) is 11.1. The Morgan fingerprint density at radius 1 is 1.56 bits per heavy atom. The highest BCUT2D eigenvalue weighted by Gasteiger charge is 2.41. The van der Waals surface area contributed by atoms with Crippen molar-refractivity contribution in [3.63, 3.8) is 0 Å². The molecule has 0 aliphatic heterocycles. The van der Waals surface area contributed by atoms with Gasteiger partial charge in [-0.3, -0.25) is 4.79 Å². The topological polar surface area (TPSA) is 64.3 Å². The molecule has 0 bridgehead atoms. The molecule has 3 rings (SSSR count). The maximum atomic E-state index is 13.2. The number of hydrogen-bond acceptors (Lipinski definition) is 3. The molecule has 134 valence electrons. The highest BCUT2D eigenvalue weighted by molar-refractivity contribution is 14.1. The van der Waals surface area contributed by atoms with Gasteiger partial charge in [0.05, 0.1) is 12.6 Å². The minimum absolute atomic E-state index is 0.248. The highest BCUT2D eigenvalue weighted by Crippen LogP contribution is 2.42. The third kappa shape index (κ3) is 4.89. The largest absolute Gasteiger partial charge is 0.368 e. The van der Waals surface area contributed by atoms with Crippen molar-refractivity contribution < 1.29 is 13.9 Å². The maximum absolute atomic E-state index is 13.2. The lowest BCUT2D eigenvalue weighted by molar-refractivity contribution is -0.119. The van der Waals surface area contributed by atoms with Crippen LogP contribution in [0.2, 0.25) is 0 Å². The molecule has 4 nitrogen and oxygen atoms in total. The SMILES string of the molecule is C[C@@H](N[C@H]1CC1C1=CCC(I)(OCc2cccc(F)c2)C=C1)C(N)=O. The lowest BCUT2D eigenvalue weighted by Crippen LogP contribution is -2.40. The van der Waals surface area contributed by atoms with Crippen LogP contribution in [0.15, 0.2) is 48.1 Å². The van der Waals surface area contributed by atoms with Gasteiger partial charge < -0.3 is 15.8 Å². The third-order valence-electron chi connectivity index (χ3n) is 4.62. The summed E-state index contributed by atoms with van der Waals surface area (Å²) >= 11 is 2.29. The number of halogens is 2. The van der Waals surface area contributed by atoms with Crippen LogP contribution in [0.25, 0.3) is 0 Å². The molecule has 1 amide bonds. The summed E-state index contributed by atoms with van der Waals surface area (Å²) in [5.41, 5.74) is 7.39. The number of benzene rings is 1. The Labute approximate surface area is 160 Å². The van der Waals surface area contributed by atoms with Crippen molar-refractivity contribution in [1.82, 2.24) is 5.32 Å². The van der Waals surface area contributed by atoms with Crippen molar-refractivity contribution in [2.45, 2.75) is 42.1 Å². The Hall–Kier alpha value is -1.25. The van der Waals surface area contributed by atoms with Gasteiger partial charge in [0.1, 0.15) is 9.43 Å². The lowest BCUT2D eigenvalue weighted by atomic mass is 10.0. The fourth-order valence-electron chi connectivity index (χ4n) is 2.98. The zero-order chi connectivity index (χ0) is 18.0. The van der Waals surface area contributed by atoms with Gasteiger partial charge in [0.2, 0.25) is 5.91 Å². The molecular formula is C19H22FIN2O2. The molecule has 1 aromatic rings. The molecule has 0 heterocycles. The second-order valence-electron chi connectivity index (χ2n) is 6.69. The number of carbonyl (C=O) groups is 1. The second-order valence-corrected chi connectivity index (χ2v) is 8.51. The van der Waals surface area contributed by atoms with E-state index in [-0.39, 0.29) is 17.8 Å². The van der Waals surface area contributed by atoms with Crippen molar-refractivity contribution in [2.75, 3.05) is 0 Å². The van der Waals surface area contributed by atoms with Crippen molar-refractivity contribution in [2.24, 2.45) is 11.7 Å². The van der Waals surface area contributed by atoms with E-state index in [0.717, 1.165) is 18.4 Å². The second kappa shape index (κ2) is 7.55. The fourth-order valence-corrected chi connectivity index (χ4v) is 3.53. The van der Waals surface area contributed by atoms with E-state index in [2.05, 4.69) is 46.1 Å². The standard InChI is InChI=1S/C19H22FIN2O2/c1-12(18(22)24)23-17-10-16(17)14-5-7-19(21,8-6-14)25-11-13-3-2-4-15(20)9-13/h2-7,9,12,16-17,23H,8,10-11H2,1H3,(H2,22,24)/t12-,16?,17+,19?/m1/s1. The van der Waals surface area contributed by atoms with Gasteiger partial charge in [-0.1, -0.05) is 24.3 Å². The number of hydrogen-bond donors (Lipinski definition) is 2. The summed E-state index contributed by atoms with van der Waals surface area (Å²) in [6, 6.07) is 6.48. The summed E-state index contributed by atoms with van der Waals surface area (Å²) in [6.45, 7) is 2.16. The van der Waals surface area contributed by atoms with E-state index in [9.17, 15) is 9.18 Å². The summed E-state index contributed by atoms with van der Waals surface area (Å²) < 4.78 is 18.8. The van der Waals surface area contributed by atoms with Crippen molar-refractivity contribution >= 4 is 28.5 Å². The van der Waals surface area contributed by atoms with Crippen LogP contribution in [0.3, 0.4) is 0 Å². The van der Waals surface area contributed by atoms with Crippen molar-refractivity contribution in [1.29, 1.82) is 0 Å². The molecule has 2 aliphatic carbocycles. The molecule has 1 saturated carbocycles. The van der Waals surface area contributed by atoms with Crippen LogP contribution in [-0.2, 0) is 16.1 Å². The first-order chi connectivity index (χ1) is 11.9. The molecule has 0 radical (unpaired) electrons. The molecule has 2 unspecified atom stereocenters. The van der Waals surface area contributed by atoms with Gasteiger partial charge in [0.15, 0.2) is 0 Å². The van der Waals surface area contributed by atoms with Gasteiger partial charge in [-0.25, -0.2) is 4.39 Å². The highest BCUT2D eigenvalue weighted by atomic mass is 127. The van der Waals surface area contributed by atoms with Crippen LogP contribution in [0.1, 0.15) is 25.3 Å². The van der Waals surface area contributed by atoms with Crippen LogP contribution in [0.5, 0.6) is 0 Å². The van der Waals surface area contributed by atoms with Crippen LogP contribution < -0.4 is 11.1 Å². The van der Waals surface area contributed by atoms with Gasteiger partial charge in [0, 0.05) is 18.4 Å². The lowest BCUT2D eigenvalue weighted by Gasteiger charge is -2.27. The number of allylic oxidation sites excluding steroid dienone is 1. The number of ether oxygens (including phenoxy) is 1. The average molecular weight is 456 g/mol. The minimum Gasteiger partial charge on any atom is -0.368 e. The van der Waals surface area contributed by atoms with Gasteiger partial charge in [0.25, 0.3) is 0 Å². The van der Waals surface area contributed by atoms with Crippen LogP contribution in [-0.4, -0.2) is 21.6 Å². The zero-order valence-corrected chi connectivity index (χ0v) is 16.2. The number of alkyl halides is 1. The number of nitrogens with two attached hydrogens (primary N) is 1. The van der Waals surface area contributed by atoms with Crippen molar-refractivity contribution in [3.8, 4) is 0 Å². The first-order valence-electron chi connectivity index (χ1n) is 8.38. The van der Waals surface area contributed by atoms with Gasteiger partial charge in [-0.05, 0) is 65.3 Å². The van der Waals surface area contributed by atoms with Gasteiger partial charge >= 0.3 is 0 Å². The zero-order valence-electron chi connectivity index (χ0n) is 14.0. The maximum Gasteiger partial charge on any atom is 0.234 e. The Morgan fingerprint density at radius 2 is 2.36 bits per heavy atom. The van der Waals surface area contributed by atoms with E-state index < -0.39 is 3.61 Å². The Kier molecular flexibility index (Phi) is 5.60. The molecule has 6 heteroatoms. The van der Waals surface area contributed by atoms with E-state index in [1.165, 1.54) is 17.7 Å². The van der Waals surface area contributed by atoms with E-state index in [1.807, 2.05) is 6.07 Å². The van der Waals surface area contributed by atoms with Gasteiger partial charge in [-0.15, -0.1) is 0 Å². The number of rotatable bonds is 7. The van der Waals surface area contributed by atoms with Crippen LogP contribution >= 0.6 is 22.6 Å². The summed E-state index contributed by atoms with van der Waals surface area (Å²) in [5, 5.41) is 3.26. The van der Waals surface area contributed by atoms with E-state index in [4.69, 9.17) is 10.5 Å². The third-order valence-corrected chi connectivity index (χ3v) is 5.73. The van der Waals surface area contributed by atoms with E-state index in [0.29, 0.717) is 18.6 Å². The average Bonchev–Trinajstić information content (AvgIpc) is 3.33. The first kappa shape index (κ1) is 18.5. The Bertz CT molecular complexity index is 721. The van der Waals surface area contributed by atoms with Crippen molar-refractivity contribution in [3.05, 3.63) is 59.4 Å². The van der Waals surface area contributed by atoms with Crippen LogP contribution in [0.4, 0.5) is 4.39 Å². The van der Waals surface area contributed by atoms with Gasteiger partial charge in [-0.2, -0.15) is 0 Å². The molecule has 0 aromatic heterocycles. The molecule has 0 saturated heterocycles. The predicted molar refractivity (Wildman–Crippen MR) is 103 cm³/mol. The minimum atomic E-state index is -0.411. The summed E-state index contributed by atoms with van der Waals surface area (Å²) in [7, 11) is 0. The first-order valence-corrected chi connectivity index (χ1v) is 9.46. The fraction of sp³-hybridized carbons (Fsp3) is 0.421. The number of nitrogens with one attached hydrogen (secondary N) is 1. The predicted octanol–water partition coefficient (Wildman–Crippen LogP) is 3.21. The van der Waals surface area contributed by atoms with E-state index >= 15 is 0 Å². The summed E-state index contributed by atoms with van der Waals surface area (Å²) in [5.74, 6) is -0.138. The number of amides is 1. The molecule has 3 N–H and O–H groups in total. The quantitative estimate of drug-likeness (QED) is 0.490. The molecule has 1 aromatic carbocycles. The normalized spacial score (nSPS) is 29.2. The van der Waals surface area contributed by atoms with E-state index in [1.54, 1.807) is 13.0 Å². The Morgan fingerprint density at radius 3 is 3.00 bits per heavy atom. The monoisotopic (exact) mass is 456 g/mol. The number of carbonyl (C=O) groups excluding carboxylic acids is 1. The molecule has 2 aliphatic rings. The summed E-state index contributed by atoms with van der Waals surface area (Å²) in [6.07, 6.45) is 8.15. The Balaban J connectivity index is 1.51. The molecule has 4 atom stereocenters. The smallest absolute Gasteiger partial charge is 0.234 e. The molecular weight excluding hydrogens is 434 g/mol. The molecule has 0 spiro atoms. The molecule has 25 heavy (non-hydrogen) atoms. The number of primary amides is 1. The van der Waals surface area contributed by atoms with Crippen LogP contribution in [0, 0.1) is 11.7 Å².